The van der Waals surface area contributed by atoms with E-state index < -0.39 is 22.1 Å². The Balaban J connectivity index is 1.46. The molecular formula is C27H25N5O3S2. The fraction of sp³-hybridized carbons (Fsp3) is 0.148. The Morgan fingerprint density at radius 3 is 2.57 bits per heavy atom. The molecule has 5 rings (SSSR count). The van der Waals surface area contributed by atoms with Crippen LogP contribution in [0.25, 0.3) is 15.9 Å². The van der Waals surface area contributed by atoms with Crippen LogP contribution >= 0.6 is 11.3 Å². The number of sulfonamides is 1. The summed E-state index contributed by atoms with van der Waals surface area (Å²) >= 11 is 1.62. The maximum atomic E-state index is 13.0. The Morgan fingerprint density at radius 2 is 1.78 bits per heavy atom. The van der Waals surface area contributed by atoms with Crippen molar-refractivity contribution >= 4 is 37.6 Å². The summed E-state index contributed by atoms with van der Waals surface area (Å²) in [5.74, 6) is 0.568. The number of fused-ring (bicyclic) bond motifs is 1. The van der Waals surface area contributed by atoms with Crippen LogP contribution in [-0.2, 0) is 16.4 Å². The number of carbonyl (C=O) groups is 1. The van der Waals surface area contributed by atoms with Crippen LogP contribution in [0.1, 0.15) is 28.0 Å². The Kier molecular flexibility index (Phi) is 6.77. The molecule has 0 unspecified atom stereocenters. The number of aryl methyl sites for hydroxylation is 2. The molecule has 5 aromatic rings. The lowest BCUT2D eigenvalue weighted by molar-refractivity contribution is 0.241. The van der Waals surface area contributed by atoms with Crippen LogP contribution in [0.2, 0.25) is 0 Å². The Labute approximate surface area is 219 Å². The number of hydrogen-bond acceptors (Lipinski definition) is 6. The van der Waals surface area contributed by atoms with Crippen LogP contribution in [0.3, 0.4) is 0 Å². The molecule has 0 saturated heterocycles. The van der Waals surface area contributed by atoms with Crippen molar-refractivity contribution in [3.05, 3.63) is 107 Å². The van der Waals surface area contributed by atoms with Crippen molar-refractivity contribution in [2.24, 2.45) is 0 Å². The van der Waals surface area contributed by atoms with Gasteiger partial charge in [-0.3, -0.25) is 0 Å². The van der Waals surface area contributed by atoms with Crippen molar-refractivity contribution in [3.63, 3.8) is 0 Å². The molecule has 188 valence electrons. The first-order chi connectivity index (χ1) is 17.8. The van der Waals surface area contributed by atoms with Crippen molar-refractivity contribution in [2.45, 2.75) is 31.2 Å². The van der Waals surface area contributed by atoms with E-state index in [0.29, 0.717) is 17.8 Å². The molecular weight excluding hydrogens is 506 g/mol. The van der Waals surface area contributed by atoms with E-state index in [1.807, 2.05) is 66.2 Å². The highest BCUT2D eigenvalue weighted by molar-refractivity contribution is 7.90. The van der Waals surface area contributed by atoms with Gasteiger partial charge < -0.3 is 9.88 Å². The number of aromatic nitrogens is 3. The number of nitrogens with zero attached hydrogens (tertiary/aromatic N) is 3. The molecule has 0 spiro atoms. The SMILES string of the molecule is Cc1nc2cc(-n3ccnc3[C@H](Cc3ccccc3)NC(=O)NS(=O)(=O)c3ccccc3C)ccc2s1. The van der Waals surface area contributed by atoms with E-state index in [-0.39, 0.29) is 4.90 Å². The molecule has 2 aromatic heterocycles. The zero-order valence-corrected chi connectivity index (χ0v) is 21.9. The van der Waals surface area contributed by atoms with E-state index in [4.69, 9.17) is 0 Å². The van der Waals surface area contributed by atoms with Crippen LogP contribution in [0.4, 0.5) is 4.79 Å². The third kappa shape index (κ3) is 5.40. The molecule has 0 bridgehead atoms. The molecule has 10 heteroatoms. The van der Waals surface area contributed by atoms with Gasteiger partial charge in [-0.25, -0.2) is 27.9 Å². The molecule has 8 nitrogen and oxygen atoms in total. The molecule has 0 aliphatic rings. The van der Waals surface area contributed by atoms with Gasteiger partial charge in [-0.05, 0) is 55.7 Å². The lowest BCUT2D eigenvalue weighted by Crippen LogP contribution is -2.42. The third-order valence-electron chi connectivity index (χ3n) is 5.94. The fourth-order valence-corrected chi connectivity index (χ4v) is 6.22. The van der Waals surface area contributed by atoms with Crippen molar-refractivity contribution in [3.8, 4) is 5.69 Å². The summed E-state index contributed by atoms with van der Waals surface area (Å²) in [6.07, 6.45) is 3.89. The highest BCUT2D eigenvalue weighted by Crippen LogP contribution is 2.26. The van der Waals surface area contributed by atoms with E-state index >= 15 is 0 Å². The molecule has 0 fully saturated rings. The summed E-state index contributed by atoms with van der Waals surface area (Å²) in [6, 6.07) is 20.7. The number of imidazole rings is 1. The summed E-state index contributed by atoms with van der Waals surface area (Å²) in [7, 11) is -4.06. The lowest BCUT2D eigenvalue weighted by Gasteiger charge is -2.21. The predicted octanol–water partition coefficient (Wildman–Crippen LogP) is 5.07. The summed E-state index contributed by atoms with van der Waals surface area (Å²) < 4.78 is 30.9. The lowest BCUT2D eigenvalue weighted by atomic mass is 10.1. The monoisotopic (exact) mass is 531 g/mol. The van der Waals surface area contributed by atoms with Gasteiger partial charge in [0.05, 0.1) is 26.2 Å². The van der Waals surface area contributed by atoms with Crippen LogP contribution in [0.15, 0.2) is 90.1 Å². The number of nitrogens with one attached hydrogen (secondary N) is 2. The normalized spacial score (nSPS) is 12.4. The first kappa shape index (κ1) is 24.7. The maximum absolute atomic E-state index is 13.0. The Hall–Kier alpha value is -4.02. The van der Waals surface area contributed by atoms with Crippen LogP contribution < -0.4 is 10.0 Å². The van der Waals surface area contributed by atoms with Gasteiger partial charge in [-0.1, -0.05) is 48.5 Å². The zero-order chi connectivity index (χ0) is 26.0. The molecule has 3 aromatic carbocycles. The van der Waals surface area contributed by atoms with Crippen molar-refractivity contribution < 1.29 is 13.2 Å². The van der Waals surface area contributed by atoms with E-state index in [1.54, 1.807) is 42.7 Å². The second-order valence-corrected chi connectivity index (χ2v) is 11.5. The molecule has 2 heterocycles. The Morgan fingerprint density at radius 1 is 1.03 bits per heavy atom. The molecule has 0 radical (unpaired) electrons. The first-order valence-corrected chi connectivity index (χ1v) is 13.9. The standard InChI is InChI=1S/C27H25N5O3S2/c1-18-8-6-7-11-25(18)37(34,35)31-27(33)30-23(16-20-9-4-3-5-10-20)26-28-14-15-32(26)21-12-13-24-22(17-21)29-19(2)36-24/h3-15,17,23H,16H2,1-2H3,(H2,30,31,33)/t23-/m0/s1. The highest BCUT2D eigenvalue weighted by atomic mass is 32.2. The maximum Gasteiger partial charge on any atom is 0.329 e. The predicted molar refractivity (Wildman–Crippen MR) is 144 cm³/mol. The molecule has 2 amide bonds. The van der Waals surface area contributed by atoms with Gasteiger partial charge in [0.2, 0.25) is 0 Å². The van der Waals surface area contributed by atoms with Gasteiger partial charge in [0.25, 0.3) is 10.0 Å². The summed E-state index contributed by atoms with van der Waals surface area (Å²) in [5, 5.41) is 3.82. The van der Waals surface area contributed by atoms with E-state index in [0.717, 1.165) is 26.5 Å². The minimum absolute atomic E-state index is 0.0538. The quantitative estimate of drug-likeness (QED) is 0.305. The molecule has 1 atom stereocenters. The van der Waals surface area contributed by atoms with Gasteiger partial charge >= 0.3 is 6.03 Å². The third-order valence-corrected chi connectivity index (χ3v) is 8.38. The number of thiazole rings is 1. The first-order valence-electron chi connectivity index (χ1n) is 11.6. The number of hydrogen-bond donors (Lipinski definition) is 2. The van der Waals surface area contributed by atoms with Gasteiger partial charge in [0.15, 0.2) is 0 Å². The van der Waals surface area contributed by atoms with Crippen molar-refractivity contribution in [1.29, 1.82) is 0 Å². The fourth-order valence-electron chi connectivity index (χ4n) is 4.25. The van der Waals surface area contributed by atoms with Crippen LogP contribution in [0.5, 0.6) is 0 Å². The number of rotatable bonds is 7. The second-order valence-electron chi connectivity index (χ2n) is 8.63. The summed E-state index contributed by atoms with van der Waals surface area (Å²) in [6.45, 7) is 3.65. The van der Waals surface area contributed by atoms with Gasteiger partial charge in [0, 0.05) is 18.1 Å². The topological polar surface area (TPSA) is 106 Å². The second kappa shape index (κ2) is 10.2. The van der Waals surface area contributed by atoms with E-state index in [1.165, 1.54) is 6.07 Å². The van der Waals surface area contributed by atoms with E-state index in [2.05, 4.69) is 20.0 Å². The Bertz CT molecular complexity index is 1680. The largest absolute Gasteiger partial charge is 0.329 e. The van der Waals surface area contributed by atoms with Gasteiger partial charge in [-0.15, -0.1) is 11.3 Å². The van der Waals surface area contributed by atoms with Crippen LogP contribution in [-0.4, -0.2) is 29.0 Å². The zero-order valence-electron chi connectivity index (χ0n) is 20.3. The van der Waals surface area contributed by atoms with Gasteiger partial charge in [0.1, 0.15) is 5.82 Å². The molecule has 0 aliphatic heterocycles. The smallest absolute Gasteiger partial charge is 0.327 e. The van der Waals surface area contributed by atoms with Crippen molar-refractivity contribution in [1.82, 2.24) is 24.6 Å². The average Bonchev–Trinajstić information content (AvgIpc) is 3.49. The average molecular weight is 532 g/mol. The van der Waals surface area contributed by atoms with Crippen molar-refractivity contribution in [2.75, 3.05) is 0 Å². The number of carbonyl (C=O) groups excluding carboxylic acids is 1. The highest BCUT2D eigenvalue weighted by Gasteiger charge is 2.25. The minimum atomic E-state index is -4.06. The number of urea groups is 1. The van der Waals surface area contributed by atoms with Crippen LogP contribution in [0, 0.1) is 13.8 Å². The number of benzene rings is 3. The van der Waals surface area contributed by atoms with Gasteiger partial charge in [-0.2, -0.15) is 0 Å². The summed E-state index contributed by atoms with van der Waals surface area (Å²) in [4.78, 5) is 22.2. The molecule has 0 saturated carbocycles. The minimum Gasteiger partial charge on any atom is -0.327 e. The van der Waals surface area contributed by atoms with E-state index in [9.17, 15) is 13.2 Å². The molecule has 0 aliphatic carbocycles. The number of amides is 2. The molecule has 37 heavy (non-hydrogen) atoms. The summed E-state index contributed by atoms with van der Waals surface area (Å²) in [5.41, 5.74) is 3.24. The molecule has 2 N–H and O–H groups in total.